The fourth-order valence-corrected chi connectivity index (χ4v) is 9.05. The Bertz CT molecular complexity index is 2150. The molecule has 5 aromatic carbocycles. The van der Waals surface area contributed by atoms with E-state index >= 15 is 0 Å². The summed E-state index contributed by atoms with van der Waals surface area (Å²) in [6.07, 6.45) is 7.23. The van der Waals surface area contributed by atoms with Crippen molar-refractivity contribution in [1.82, 2.24) is 9.80 Å². The van der Waals surface area contributed by atoms with Crippen molar-refractivity contribution in [2.75, 3.05) is 56.2 Å². The molecule has 5 aromatic rings. The number of aryl methyl sites for hydroxylation is 2. The van der Waals surface area contributed by atoms with Gasteiger partial charge in [0, 0.05) is 75.6 Å². The second kappa shape index (κ2) is 26.6. The number of amides is 2. The zero-order chi connectivity index (χ0) is 45.9. The molecule has 0 aliphatic carbocycles. The van der Waals surface area contributed by atoms with Crippen LogP contribution in [0.2, 0.25) is 0 Å². The molecule has 0 unspecified atom stereocenters. The summed E-state index contributed by atoms with van der Waals surface area (Å²) in [5.74, 6) is 0.765. The van der Waals surface area contributed by atoms with Crippen LogP contribution >= 0.6 is 0 Å². The first kappa shape index (κ1) is 52.3. The summed E-state index contributed by atoms with van der Waals surface area (Å²) in [5, 5.41) is 9.58. The zero-order valence-electron chi connectivity index (χ0n) is 38.4. The number of para-hydroxylation sites is 2. The molecule has 0 spiro atoms. The first-order valence-electron chi connectivity index (χ1n) is 22.8. The lowest BCUT2D eigenvalue weighted by Gasteiger charge is -2.38. The molecule has 2 saturated heterocycles. The van der Waals surface area contributed by atoms with Gasteiger partial charge in [-0.3, -0.25) is 13.8 Å². The van der Waals surface area contributed by atoms with E-state index in [4.69, 9.17) is 0 Å². The number of anilines is 2. The molecule has 0 aromatic heterocycles. The van der Waals surface area contributed by atoms with E-state index in [1.807, 2.05) is 91.2 Å². The number of rotatable bonds is 14. The highest BCUT2D eigenvalue weighted by Crippen LogP contribution is 2.27. The monoisotopic (exact) mass is 905 g/mol. The molecular formula is C54H72N4O6S. The molecule has 350 valence electrons. The van der Waals surface area contributed by atoms with E-state index in [1.54, 1.807) is 18.2 Å². The average molecular weight is 905 g/mol. The smallest absolute Gasteiger partial charge is 0.296 e. The molecule has 2 aliphatic heterocycles. The Balaban J connectivity index is 0.000000226. The van der Waals surface area contributed by atoms with E-state index in [2.05, 4.69) is 63.4 Å². The van der Waals surface area contributed by atoms with Crippen LogP contribution in [0, 0.1) is 13.8 Å². The van der Waals surface area contributed by atoms with Gasteiger partial charge < -0.3 is 24.7 Å². The van der Waals surface area contributed by atoms with Gasteiger partial charge in [-0.15, -0.1) is 0 Å². The molecule has 2 heterocycles. The van der Waals surface area contributed by atoms with Gasteiger partial charge in [0.2, 0.25) is 11.8 Å². The fraction of sp³-hybridized carbons (Fsp3) is 0.407. The van der Waals surface area contributed by atoms with Gasteiger partial charge in [0.05, 0.1) is 12.0 Å². The molecule has 10 nitrogen and oxygen atoms in total. The summed E-state index contributed by atoms with van der Waals surface area (Å²) in [6, 6.07) is 43.6. The van der Waals surface area contributed by atoms with Gasteiger partial charge >= 0.3 is 0 Å². The van der Waals surface area contributed by atoms with Crippen molar-refractivity contribution in [3.05, 3.63) is 156 Å². The van der Waals surface area contributed by atoms with E-state index < -0.39 is 10.1 Å². The van der Waals surface area contributed by atoms with Crippen molar-refractivity contribution < 1.29 is 27.3 Å². The Morgan fingerprint density at radius 2 is 1.03 bits per heavy atom. The van der Waals surface area contributed by atoms with Gasteiger partial charge in [0.1, 0.15) is 5.75 Å². The van der Waals surface area contributed by atoms with E-state index in [0.29, 0.717) is 24.6 Å². The molecule has 1 N–H and O–H groups in total. The highest BCUT2D eigenvalue weighted by molar-refractivity contribution is 7.86. The number of nitrogens with zero attached hydrogens (tertiary/aromatic N) is 4. The van der Waals surface area contributed by atoms with Crippen LogP contribution in [0.25, 0.3) is 0 Å². The molecule has 0 bridgehead atoms. The fourth-order valence-electron chi connectivity index (χ4n) is 8.39. The standard InChI is InChI=1S/C23H30N2O.C22H28N2O2.C8H10O3S.CH4/c1-3-23(26)25(21-10-5-4-6-11-21)22-13-16-24(17-14-22)15-12-20-9-7-8-19(2)18-20;1-2-22(26)24(19-8-4-3-5-9-19)20-12-15-23(16-13-20)14-11-18-7-6-10-21(25)17-18;1-7-3-5-8(6-4-7)12(9,10)11-2;/h4-11,18,22H,3,12-17H2,1-2H3;3-10,17,20,25H,2,11-16H2,1H3;3-6H,1-2H3;1H4. The van der Waals surface area contributed by atoms with Crippen molar-refractivity contribution in [2.45, 2.75) is 103 Å². The van der Waals surface area contributed by atoms with E-state index in [1.165, 1.54) is 28.8 Å². The van der Waals surface area contributed by atoms with Crippen LogP contribution in [-0.2, 0) is 36.7 Å². The Morgan fingerprint density at radius 3 is 1.43 bits per heavy atom. The number of phenols is 1. The molecule has 65 heavy (non-hydrogen) atoms. The molecule has 2 amide bonds. The third kappa shape index (κ3) is 16.3. The number of aromatic hydroxyl groups is 1. The topological polar surface area (TPSA) is 111 Å². The minimum absolute atomic E-state index is 0. The number of phenolic OH excluding ortho intramolecular Hbond substituents is 1. The van der Waals surface area contributed by atoms with Crippen molar-refractivity contribution in [1.29, 1.82) is 0 Å². The van der Waals surface area contributed by atoms with Crippen LogP contribution in [0.3, 0.4) is 0 Å². The number of benzene rings is 5. The van der Waals surface area contributed by atoms with Gasteiger partial charge in [0.25, 0.3) is 10.1 Å². The minimum Gasteiger partial charge on any atom is -0.508 e. The molecule has 7 rings (SSSR count). The summed E-state index contributed by atoms with van der Waals surface area (Å²) >= 11 is 0. The van der Waals surface area contributed by atoms with Crippen LogP contribution in [0.5, 0.6) is 5.75 Å². The van der Waals surface area contributed by atoms with Gasteiger partial charge in [-0.1, -0.05) is 117 Å². The van der Waals surface area contributed by atoms with Crippen LogP contribution in [-0.4, -0.2) is 93.6 Å². The van der Waals surface area contributed by atoms with E-state index in [-0.39, 0.29) is 30.2 Å². The van der Waals surface area contributed by atoms with Crippen molar-refractivity contribution >= 4 is 33.3 Å². The lowest BCUT2D eigenvalue weighted by molar-refractivity contribution is -0.119. The van der Waals surface area contributed by atoms with E-state index in [9.17, 15) is 23.1 Å². The Hall–Kier alpha value is -5.33. The van der Waals surface area contributed by atoms with Crippen molar-refractivity contribution in [3.63, 3.8) is 0 Å². The SMILES string of the molecule is C.CCC(=O)N(c1ccccc1)C1CCN(CCc2cccc(C)c2)CC1.CCC(=O)N(c1ccccc1)C1CCN(CCc2cccc(O)c2)CC1.COS(=O)(=O)c1ccc(C)cc1. The second-order valence-electron chi connectivity index (χ2n) is 16.6. The van der Waals surface area contributed by atoms with Gasteiger partial charge in [-0.05, 0) is 112 Å². The first-order chi connectivity index (χ1) is 30.9. The highest BCUT2D eigenvalue weighted by Gasteiger charge is 2.29. The van der Waals surface area contributed by atoms with Crippen LogP contribution in [0.15, 0.2) is 138 Å². The van der Waals surface area contributed by atoms with Gasteiger partial charge in [0.15, 0.2) is 0 Å². The Morgan fingerprint density at radius 1 is 0.600 bits per heavy atom. The Kier molecular flexibility index (Phi) is 21.4. The quantitative estimate of drug-likeness (QED) is 0.110. The number of piperidine rings is 2. The molecule has 2 fully saturated rings. The molecule has 0 atom stereocenters. The summed E-state index contributed by atoms with van der Waals surface area (Å²) in [6.45, 7) is 14.2. The third-order valence-corrected chi connectivity index (χ3v) is 13.3. The zero-order valence-corrected chi connectivity index (χ0v) is 39.3. The summed E-state index contributed by atoms with van der Waals surface area (Å²) < 4.78 is 26.5. The molecular weight excluding hydrogens is 833 g/mol. The maximum atomic E-state index is 12.5. The number of likely N-dealkylation sites (tertiary alicyclic amines) is 2. The second-order valence-corrected chi connectivity index (χ2v) is 18.4. The number of carbonyl (C=O) groups excluding carboxylic acids is 2. The summed E-state index contributed by atoms with van der Waals surface area (Å²) in [5.41, 5.74) is 6.98. The number of hydrogen-bond donors (Lipinski definition) is 1. The third-order valence-electron chi connectivity index (χ3n) is 12.0. The predicted octanol–water partition coefficient (Wildman–Crippen LogP) is 10.3. The van der Waals surface area contributed by atoms with Crippen LogP contribution in [0.1, 0.15) is 82.1 Å². The normalized spacial score (nSPS) is 14.7. The van der Waals surface area contributed by atoms with Crippen molar-refractivity contribution in [3.8, 4) is 5.75 Å². The highest BCUT2D eigenvalue weighted by atomic mass is 32.2. The summed E-state index contributed by atoms with van der Waals surface area (Å²) in [7, 11) is -2.37. The molecule has 2 aliphatic rings. The predicted molar refractivity (Wildman–Crippen MR) is 266 cm³/mol. The Labute approximate surface area is 390 Å². The van der Waals surface area contributed by atoms with Crippen LogP contribution < -0.4 is 9.80 Å². The first-order valence-corrected chi connectivity index (χ1v) is 24.2. The van der Waals surface area contributed by atoms with E-state index in [0.717, 1.165) is 102 Å². The van der Waals surface area contributed by atoms with Crippen molar-refractivity contribution in [2.24, 2.45) is 0 Å². The lowest BCUT2D eigenvalue weighted by atomic mass is 10.0. The minimum atomic E-state index is -3.51. The largest absolute Gasteiger partial charge is 0.508 e. The van der Waals surface area contributed by atoms with Gasteiger partial charge in [-0.2, -0.15) is 8.42 Å². The lowest BCUT2D eigenvalue weighted by Crippen LogP contribution is -2.47. The molecule has 11 heteroatoms. The summed E-state index contributed by atoms with van der Waals surface area (Å²) in [4.78, 5) is 34.3. The average Bonchev–Trinajstić information content (AvgIpc) is 3.32. The number of hydrogen-bond acceptors (Lipinski definition) is 8. The van der Waals surface area contributed by atoms with Crippen LogP contribution in [0.4, 0.5) is 11.4 Å². The maximum Gasteiger partial charge on any atom is 0.296 e. The number of carbonyl (C=O) groups is 2. The van der Waals surface area contributed by atoms with Gasteiger partial charge in [-0.25, -0.2) is 0 Å². The molecule has 0 saturated carbocycles. The molecule has 0 radical (unpaired) electrons. The maximum absolute atomic E-state index is 12.5.